The predicted molar refractivity (Wildman–Crippen MR) is 128 cm³/mol. The molecular weight excluding hydrogens is 444 g/mol. The summed E-state index contributed by atoms with van der Waals surface area (Å²) in [5.41, 5.74) is 9.80. The van der Waals surface area contributed by atoms with E-state index in [-0.39, 0.29) is 30.6 Å². The summed E-state index contributed by atoms with van der Waals surface area (Å²) in [6.07, 6.45) is 1.23. The van der Waals surface area contributed by atoms with Gasteiger partial charge in [0.1, 0.15) is 11.5 Å². The van der Waals surface area contributed by atoms with Crippen molar-refractivity contribution in [3.63, 3.8) is 0 Å². The molecular formula is C25H31ClN2O5. The van der Waals surface area contributed by atoms with E-state index < -0.39 is 12.2 Å². The lowest BCUT2D eigenvalue weighted by Gasteiger charge is -2.32. The van der Waals surface area contributed by atoms with E-state index in [0.717, 1.165) is 41.0 Å². The summed E-state index contributed by atoms with van der Waals surface area (Å²) < 4.78 is 15.6. The fraction of sp³-hybridized carbons (Fsp3) is 0.440. The number of benzene rings is 2. The van der Waals surface area contributed by atoms with Gasteiger partial charge >= 0.3 is 6.16 Å². The van der Waals surface area contributed by atoms with Crippen molar-refractivity contribution in [3.8, 4) is 11.5 Å². The number of nitrogens with two attached hydrogens (primary N) is 1. The number of hydrogen-bond acceptors (Lipinski definition) is 6. The molecule has 0 saturated carbocycles. The number of rotatable bonds is 7. The second-order valence-corrected chi connectivity index (χ2v) is 9.06. The molecule has 2 aromatic rings. The van der Waals surface area contributed by atoms with E-state index >= 15 is 0 Å². The molecule has 0 aromatic heterocycles. The van der Waals surface area contributed by atoms with E-state index in [4.69, 9.17) is 31.5 Å². The van der Waals surface area contributed by atoms with Gasteiger partial charge in [0.15, 0.2) is 0 Å². The van der Waals surface area contributed by atoms with E-state index in [1.165, 1.54) is 0 Å². The molecule has 3 rings (SSSR count). The number of halogens is 1. The molecule has 0 spiro atoms. The number of anilines is 1. The summed E-state index contributed by atoms with van der Waals surface area (Å²) in [7, 11) is 1.63. The van der Waals surface area contributed by atoms with Gasteiger partial charge in [0.2, 0.25) is 5.91 Å². The SMILES string of the molecule is COc1ccc2c(c1)CCCN2C(=O)[C@H](N)Cc1c(C)cc(OC(=O)OCC(C)C)cc1Cl. The minimum atomic E-state index is -0.779. The van der Waals surface area contributed by atoms with Crippen LogP contribution in [-0.4, -0.2) is 38.4 Å². The monoisotopic (exact) mass is 474 g/mol. The molecule has 1 amide bonds. The van der Waals surface area contributed by atoms with Crippen LogP contribution in [0.2, 0.25) is 5.02 Å². The quantitative estimate of drug-likeness (QED) is 0.463. The van der Waals surface area contributed by atoms with Crippen LogP contribution in [0.3, 0.4) is 0 Å². The average molecular weight is 475 g/mol. The minimum absolute atomic E-state index is 0.158. The Kier molecular flexibility index (Phi) is 8.21. The number of carbonyl (C=O) groups is 2. The second kappa shape index (κ2) is 10.9. The van der Waals surface area contributed by atoms with Crippen molar-refractivity contribution >= 4 is 29.4 Å². The first kappa shape index (κ1) is 24.9. The number of carbonyl (C=O) groups excluding carboxylic acids is 2. The maximum atomic E-state index is 13.2. The van der Waals surface area contributed by atoms with Gasteiger partial charge in [-0.1, -0.05) is 25.4 Å². The zero-order chi connectivity index (χ0) is 24.1. The van der Waals surface area contributed by atoms with Crippen LogP contribution in [0.5, 0.6) is 11.5 Å². The van der Waals surface area contributed by atoms with Crippen LogP contribution in [0.15, 0.2) is 30.3 Å². The molecule has 1 aliphatic heterocycles. The van der Waals surface area contributed by atoms with Gasteiger partial charge in [0, 0.05) is 17.3 Å². The predicted octanol–water partition coefficient (Wildman–Crippen LogP) is 4.68. The first-order valence-corrected chi connectivity index (χ1v) is 11.4. The number of hydrogen-bond donors (Lipinski definition) is 1. The van der Waals surface area contributed by atoms with Crippen molar-refractivity contribution in [2.75, 3.05) is 25.2 Å². The number of aryl methyl sites for hydroxylation is 2. The molecule has 1 atom stereocenters. The highest BCUT2D eigenvalue weighted by Crippen LogP contribution is 2.32. The second-order valence-electron chi connectivity index (χ2n) is 8.66. The number of nitrogens with zero attached hydrogens (tertiary/aromatic N) is 1. The third-order valence-corrected chi connectivity index (χ3v) is 5.88. The molecule has 2 N–H and O–H groups in total. The van der Waals surface area contributed by atoms with Gasteiger partial charge in [-0.15, -0.1) is 0 Å². The summed E-state index contributed by atoms with van der Waals surface area (Å²) >= 11 is 6.47. The van der Waals surface area contributed by atoms with Crippen LogP contribution in [0.4, 0.5) is 10.5 Å². The Hall–Kier alpha value is -2.77. The van der Waals surface area contributed by atoms with Crippen molar-refractivity contribution < 1.29 is 23.8 Å². The first-order chi connectivity index (χ1) is 15.7. The van der Waals surface area contributed by atoms with Crippen molar-refractivity contribution in [2.24, 2.45) is 11.7 Å². The maximum Gasteiger partial charge on any atom is 0.513 e. The van der Waals surface area contributed by atoms with Crippen LogP contribution in [0.1, 0.15) is 37.0 Å². The van der Waals surface area contributed by atoms with Gasteiger partial charge in [-0.25, -0.2) is 4.79 Å². The average Bonchev–Trinajstić information content (AvgIpc) is 2.78. The zero-order valence-electron chi connectivity index (χ0n) is 19.5. The molecule has 0 fully saturated rings. The Morgan fingerprint density at radius 3 is 2.61 bits per heavy atom. The maximum absolute atomic E-state index is 13.2. The highest BCUT2D eigenvalue weighted by molar-refractivity contribution is 6.31. The molecule has 1 aliphatic rings. The van der Waals surface area contributed by atoms with Gasteiger partial charge in [-0.2, -0.15) is 0 Å². The number of methoxy groups -OCH3 is 1. The molecule has 0 radical (unpaired) electrons. The van der Waals surface area contributed by atoms with Gasteiger partial charge in [0.25, 0.3) is 0 Å². The van der Waals surface area contributed by atoms with Crippen molar-refractivity contribution in [3.05, 3.63) is 52.0 Å². The third kappa shape index (κ3) is 6.18. The van der Waals surface area contributed by atoms with Gasteiger partial charge < -0.3 is 24.8 Å². The summed E-state index contributed by atoms with van der Waals surface area (Å²) in [5.74, 6) is 1.10. The van der Waals surface area contributed by atoms with Crippen LogP contribution < -0.4 is 20.1 Å². The normalized spacial score (nSPS) is 14.0. The molecule has 0 aliphatic carbocycles. The highest BCUT2D eigenvalue weighted by atomic mass is 35.5. The zero-order valence-corrected chi connectivity index (χ0v) is 20.3. The molecule has 0 bridgehead atoms. The van der Waals surface area contributed by atoms with Gasteiger partial charge in [-0.3, -0.25) is 4.79 Å². The Bertz CT molecular complexity index is 1000. The minimum Gasteiger partial charge on any atom is -0.497 e. The first-order valence-electron chi connectivity index (χ1n) is 11.1. The van der Waals surface area contributed by atoms with Gasteiger partial charge in [0.05, 0.1) is 19.8 Å². The molecule has 8 heteroatoms. The van der Waals surface area contributed by atoms with E-state index in [1.807, 2.05) is 39.0 Å². The van der Waals surface area contributed by atoms with Gasteiger partial charge in [-0.05, 0) is 79.1 Å². The molecule has 0 unspecified atom stereocenters. The Balaban J connectivity index is 1.71. The molecule has 1 heterocycles. The molecule has 0 saturated heterocycles. The lowest BCUT2D eigenvalue weighted by molar-refractivity contribution is -0.119. The number of ether oxygens (including phenoxy) is 3. The summed E-state index contributed by atoms with van der Waals surface area (Å²) in [6, 6.07) is 8.18. The van der Waals surface area contributed by atoms with Crippen LogP contribution in [0, 0.1) is 12.8 Å². The Labute approximate surface area is 199 Å². The van der Waals surface area contributed by atoms with Crippen LogP contribution in [0.25, 0.3) is 0 Å². The molecule has 7 nitrogen and oxygen atoms in total. The van der Waals surface area contributed by atoms with E-state index in [9.17, 15) is 9.59 Å². The fourth-order valence-corrected chi connectivity index (χ4v) is 4.19. The fourth-order valence-electron chi connectivity index (χ4n) is 3.86. The van der Waals surface area contributed by atoms with E-state index in [0.29, 0.717) is 11.6 Å². The standard InChI is InChI=1S/C25H31ClN2O5/c1-15(2)14-32-25(30)33-19-10-16(3)20(21(26)12-19)13-22(27)24(29)28-9-5-6-17-11-18(31-4)7-8-23(17)28/h7-8,10-12,15,22H,5-6,9,13-14,27H2,1-4H3/t22-/m1/s1. The van der Waals surface area contributed by atoms with E-state index in [2.05, 4.69) is 0 Å². The number of amides is 1. The summed E-state index contributed by atoms with van der Waals surface area (Å²) in [6.45, 7) is 6.60. The van der Waals surface area contributed by atoms with E-state index in [1.54, 1.807) is 24.1 Å². The lowest BCUT2D eigenvalue weighted by Crippen LogP contribution is -2.47. The Morgan fingerprint density at radius 1 is 1.18 bits per heavy atom. The lowest BCUT2D eigenvalue weighted by atomic mass is 9.97. The van der Waals surface area contributed by atoms with Crippen molar-refractivity contribution in [1.82, 2.24) is 0 Å². The Morgan fingerprint density at radius 2 is 1.94 bits per heavy atom. The van der Waals surface area contributed by atoms with Crippen LogP contribution >= 0.6 is 11.6 Å². The van der Waals surface area contributed by atoms with Crippen molar-refractivity contribution in [1.29, 1.82) is 0 Å². The van der Waals surface area contributed by atoms with Crippen LogP contribution in [-0.2, 0) is 22.4 Å². The number of fused-ring (bicyclic) bond motifs is 1. The third-order valence-electron chi connectivity index (χ3n) is 5.54. The molecule has 178 valence electrons. The largest absolute Gasteiger partial charge is 0.513 e. The topological polar surface area (TPSA) is 91.1 Å². The summed E-state index contributed by atoms with van der Waals surface area (Å²) in [4.78, 5) is 26.8. The smallest absolute Gasteiger partial charge is 0.497 e. The van der Waals surface area contributed by atoms with Crippen molar-refractivity contribution in [2.45, 2.75) is 46.1 Å². The molecule has 33 heavy (non-hydrogen) atoms. The highest BCUT2D eigenvalue weighted by Gasteiger charge is 2.28. The summed E-state index contributed by atoms with van der Waals surface area (Å²) in [5, 5.41) is 0.383. The molecule has 2 aromatic carbocycles.